The van der Waals surface area contributed by atoms with E-state index in [4.69, 9.17) is 37.0 Å². The van der Waals surface area contributed by atoms with Crippen molar-refractivity contribution in [3.05, 3.63) is 67.1 Å². The Balaban J connectivity index is 0.000000207. The van der Waals surface area contributed by atoms with Gasteiger partial charge < -0.3 is 41.4 Å². The first-order valence-electron chi connectivity index (χ1n) is 23.5. The first-order chi connectivity index (χ1) is 35.7. The van der Waals surface area contributed by atoms with Gasteiger partial charge in [0.1, 0.15) is 27.7 Å². The number of carbonyl (C=O) groups excluding carboxylic acids is 2. The lowest BCUT2D eigenvalue weighted by atomic mass is 10.2. The summed E-state index contributed by atoms with van der Waals surface area (Å²) in [4.78, 5) is 61.3. The molecule has 8 aromatic rings. The lowest BCUT2D eigenvalue weighted by Gasteiger charge is -2.19. The Hall–Kier alpha value is -8.83. The third-order valence-corrected chi connectivity index (χ3v) is 9.79. The van der Waals surface area contributed by atoms with Gasteiger partial charge in [-0.05, 0) is 67.2 Å². The van der Waals surface area contributed by atoms with Crippen LogP contribution in [0.1, 0.15) is 80.1 Å². The Morgan fingerprint density at radius 1 is 0.600 bits per heavy atom. The van der Waals surface area contributed by atoms with Gasteiger partial charge in [0.05, 0.1) is 60.9 Å². The second-order valence-corrected chi connectivity index (χ2v) is 18.8. The largest absolute Gasteiger partial charge is 0.481 e. The van der Waals surface area contributed by atoms with E-state index in [0.717, 1.165) is 0 Å². The van der Waals surface area contributed by atoms with Crippen molar-refractivity contribution < 1.29 is 38.9 Å². The summed E-state index contributed by atoms with van der Waals surface area (Å²) in [6.45, 7) is 14.1. The Bertz CT molecular complexity index is 3140. The van der Waals surface area contributed by atoms with Gasteiger partial charge in [0.25, 0.3) is 0 Å². The van der Waals surface area contributed by atoms with Crippen LogP contribution in [0.3, 0.4) is 0 Å². The van der Waals surface area contributed by atoms with Crippen molar-refractivity contribution >= 4 is 75.5 Å². The third kappa shape index (κ3) is 18.3. The number of ether oxygens (including phenoxy) is 2. The van der Waals surface area contributed by atoms with Crippen molar-refractivity contribution in [1.29, 1.82) is 0 Å². The highest BCUT2D eigenvalue weighted by atomic mass is 35.5. The van der Waals surface area contributed by atoms with E-state index >= 15 is 0 Å². The number of carbonyl (C=O) groups is 4. The number of aliphatic carboxylic acids is 2. The van der Waals surface area contributed by atoms with Crippen LogP contribution in [0.15, 0.2) is 62.0 Å². The second kappa shape index (κ2) is 25.7. The number of rotatable bonds is 20. The van der Waals surface area contributed by atoms with Crippen molar-refractivity contribution in [1.82, 2.24) is 99.7 Å². The number of nitrogens with one attached hydrogen (secondary N) is 3. The lowest BCUT2D eigenvalue weighted by molar-refractivity contribution is -0.138. The Labute approximate surface area is 433 Å². The number of aromatic nitrogens is 18. The van der Waals surface area contributed by atoms with Gasteiger partial charge in [-0.15, -0.1) is 10.2 Å². The number of anilines is 3. The van der Waals surface area contributed by atoms with Gasteiger partial charge in [-0.2, -0.15) is 29.8 Å². The summed E-state index contributed by atoms with van der Waals surface area (Å²) in [5.41, 5.74) is 8.72. The fraction of sp³-hybridized carbons (Fsp3) is 0.455. The minimum atomic E-state index is -0.833. The fourth-order valence-electron chi connectivity index (χ4n) is 6.46. The number of carboxylic acids is 2. The number of alkyl carbamates (subject to hydrolysis) is 2. The maximum atomic E-state index is 11.7. The van der Waals surface area contributed by atoms with Crippen molar-refractivity contribution in [2.24, 2.45) is 0 Å². The molecule has 0 radical (unpaired) electrons. The summed E-state index contributed by atoms with van der Waals surface area (Å²) in [6.07, 6.45) is 18.3. The van der Waals surface area contributed by atoms with Crippen LogP contribution in [-0.4, -0.2) is 148 Å². The Morgan fingerprint density at radius 2 is 1.05 bits per heavy atom. The maximum Gasteiger partial charge on any atom is 0.407 e. The molecule has 0 aliphatic carbocycles. The van der Waals surface area contributed by atoms with E-state index in [-0.39, 0.29) is 18.0 Å². The van der Waals surface area contributed by atoms with E-state index in [1.165, 1.54) is 10.9 Å². The number of hydrogen-bond donors (Lipinski definition) is 6. The standard InChI is InChI=1S/C22H29N11O4.C15H19ClN8O2.C7H11N3O2/c1-22(2,3)37-21(36)23-7-5-9-32-14-16(11-26-32)33-20-19(29-30-33)24-12-17(28-20)27-15-10-25-31(13-15)8-4-6-18(34)35;1-15(2,3)26-14(25)17-5-4-6-23-9-10(7-19-23)24-13-12(21-22-24)18-8-11(16)20-13;8-6-4-9-10(5-6)3-1-2-7(11)12/h10-14H,4-9H2,1-3H3,(H,23,36)(H,27,28)(H,34,35);7-9H,4-6H2,1-3H3,(H,17,25);4-5H,1-3,8H2,(H,11,12). The van der Waals surface area contributed by atoms with Crippen LogP contribution in [0, 0.1) is 0 Å². The predicted molar refractivity (Wildman–Crippen MR) is 269 cm³/mol. The van der Waals surface area contributed by atoms with Crippen LogP contribution < -0.4 is 21.7 Å². The van der Waals surface area contributed by atoms with Crippen molar-refractivity contribution in [3.63, 3.8) is 0 Å². The molecule has 0 aliphatic rings. The van der Waals surface area contributed by atoms with Crippen LogP contribution in [0.5, 0.6) is 0 Å². The van der Waals surface area contributed by atoms with Gasteiger partial charge in [-0.1, -0.05) is 22.0 Å². The molecule has 0 aliphatic heterocycles. The summed E-state index contributed by atoms with van der Waals surface area (Å²) in [6, 6.07) is 0. The zero-order valence-corrected chi connectivity index (χ0v) is 42.9. The average Bonchev–Trinajstić information content (AvgIpc) is 4.20. The number of halogens is 1. The zero-order valence-electron chi connectivity index (χ0n) is 42.1. The van der Waals surface area contributed by atoms with Crippen LogP contribution in [0.2, 0.25) is 5.15 Å². The molecule has 0 unspecified atom stereocenters. The monoisotopic (exact) mass is 1060 g/mol. The molecule has 7 N–H and O–H groups in total. The topological polar surface area (TPSA) is 374 Å². The summed E-state index contributed by atoms with van der Waals surface area (Å²) in [7, 11) is 0. The molecule has 0 atom stereocenters. The van der Waals surface area contributed by atoms with Gasteiger partial charge in [-0.25, -0.2) is 29.5 Å². The number of amides is 2. The molecule has 31 heteroatoms. The molecule has 2 amide bonds. The Morgan fingerprint density at radius 3 is 1.55 bits per heavy atom. The molecule has 8 aromatic heterocycles. The number of nitrogens with two attached hydrogens (primary N) is 1. The van der Waals surface area contributed by atoms with E-state index in [0.29, 0.717) is 116 Å². The minimum Gasteiger partial charge on any atom is -0.481 e. The average molecular weight is 1060 g/mol. The lowest BCUT2D eigenvalue weighted by Crippen LogP contribution is -2.33. The first-order valence-corrected chi connectivity index (χ1v) is 23.9. The molecule has 0 saturated heterocycles. The first kappa shape index (κ1) is 55.5. The van der Waals surface area contributed by atoms with E-state index in [2.05, 4.69) is 76.9 Å². The molecule has 0 aromatic carbocycles. The van der Waals surface area contributed by atoms with Crippen molar-refractivity contribution in [3.8, 4) is 11.4 Å². The highest BCUT2D eigenvalue weighted by Gasteiger charge is 2.18. The highest BCUT2D eigenvalue weighted by Crippen LogP contribution is 2.19. The summed E-state index contributed by atoms with van der Waals surface area (Å²) >= 11 is 5.88. The maximum absolute atomic E-state index is 11.7. The molecule has 30 nitrogen and oxygen atoms in total. The molecule has 75 heavy (non-hydrogen) atoms. The van der Waals surface area contributed by atoms with E-state index in [1.54, 1.807) is 66.8 Å². The highest BCUT2D eigenvalue weighted by molar-refractivity contribution is 6.29. The normalized spacial score (nSPS) is 11.3. The molecule has 8 heterocycles. The molecule has 0 spiro atoms. The number of fused-ring (bicyclic) bond motifs is 2. The quantitative estimate of drug-likeness (QED) is 0.0575. The fourth-order valence-corrected chi connectivity index (χ4v) is 6.59. The zero-order chi connectivity index (χ0) is 54.1. The Kier molecular flexibility index (Phi) is 19.0. The molecule has 0 saturated carbocycles. The number of nitrogens with zero attached hydrogens (tertiary/aromatic N) is 18. The van der Waals surface area contributed by atoms with Crippen molar-refractivity contribution in [2.75, 3.05) is 24.1 Å². The van der Waals surface area contributed by atoms with Gasteiger partial charge in [0.15, 0.2) is 5.82 Å². The van der Waals surface area contributed by atoms with Gasteiger partial charge in [-0.3, -0.25) is 28.3 Å². The summed E-state index contributed by atoms with van der Waals surface area (Å²) in [5.74, 6) is -1.14. The second-order valence-electron chi connectivity index (χ2n) is 18.4. The molecular weight excluding hydrogens is 1000 g/mol. The smallest absolute Gasteiger partial charge is 0.407 e. The molecular formula is C44H59ClN22O8. The molecule has 0 bridgehead atoms. The van der Waals surface area contributed by atoms with Crippen LogP contribution in [0.4, 0.5) is 26.8 Å². The van der Waals surface area contributed by atoms with Crippen LogP contribution in [-0.2, 0) is 45.2 Å². The summed E-state index contributed by atoms with van der Waals surface area (Å²) in [5, 5.41) is 58.9. The molecule has 8 rings (SSSR count). The van der Waals surface area contributed by atoms with Crippen molar-refractivity contribution in [2.45, 2.75) is 117 Å². The van der Waals surface area contributed by atoms with E-state index in [9.17, 15) is 19.2 Å². The molecule has 400 valence electrons. The van der Waals surface area contributed by atoms with Crippen LogP contribution >= 0.6 is 11.6 Å². The number of nitrogen functional groups attached to an aromatic ring is 1. The van der Waals surface area contributed by atoms with Gasteiger partial charge in [0, 0.05) is 64.5 Å². The predicted octanol–water partition coefficient (Wildman–Crippen LogP) is 4.43. The van der Waals surface area contributed by atoms with Gasteiger partial charge >= 0.3 is 24.1 Å². The van der Waals surface area contributed by atoms with Gasteiger partial charge in [0.2, 0.25) is 22.6 Å². The summed E-state index contributed by atoms with van der Waals surface area (Å²) < 4.78 is 20.3. The number of carboxylic acid groups (broad SMARTS) is 2. The van der Waals surface area contributed by atoms with E-state index in [1.807, 2.05) is 53.9 Å². The molecule has 0 fully saturated rings. The minimum absolute atomic E-state index is 0.0846. The van der Waals surface area contributed by atoms with E-state index < -0.39 is 35.3 Å². The number of hydrogen-bond acceptors (Lipinski definition) is 20. The SMILES string of the molecule is CC(C)(C)OC(=O)NCCCn1cc(-n2nnc3ncc(Cl)nc32)cn1.CC(C)(C)OC(=O)NCCCn1cc(-n2nnc3ncc(Nc4cnn(CCCC(=O)O)c4)nc32)cn1.Nc1cnn(CCCC(=O)O)c1. The van der Waals surface area contributed by atoms with Crippen LogP contribution in [0.25, 0.3) is 34.0 Å². The number of aryl methyl sites for hydroxylation is 4. The third-order valence-electron chi connectivity index (χ3n) is 9.61.